The number of nitrogens with zero attached hydrogens (tertiary/aromatic N) is 1. The van der Waals surface area contributed by atoms with Gasteiger partial charge in [-0.2, -0.15) is 13.2 Å². The Hall–Kier alpha value is -3.14. The lowest BCUT2D eigenvalue weighted by Crippen LogP contribution is -2.16. The molecule has 0 unspecified atom stereocenters. The smallest absolute Gasteiger partial charge is 0.365 e. The maximum absolute atomic E-state index is 13.1. The molecular weight excluding hydrogens is 453 g/mol. The molecule has 29 heavy (non-hydrogen) atoms. The zero-order valence-electron chi connectivity index (χ0n) is 14.7. The molecule has 0 bridgehead atoms. The normalized spacial score (nSPS) is 11.2. The number of halogens is 4. The van der Waals surface area contributed by atoms with E-state index in [0.717, 1.165) is 11.6 Å². The molecule has 6 nitrogen and oxygen atoms in total. The number of alkyl halides is 3. The Morgan fingerprint density at radius 1 is 1.17 bits per heavy atom. The zero-order valence-corrected chi connectivity index (χ0v) is 16.3. The van der Waals surface area contributed by atoms with Crippen LogP contribution in [-0.4, -0.2) is 15.9 Å². The third-order valence-corrected chi connectivity index (χ3v) is 4.58. The van der Waals surface area contributed by atoms with Crippen molar-refractivity contribution in [3.63, 3.8) is 0 Å². The lowest BCUT2D eigenvalue weighted by atomic mass is 10.1. The fourth-order valence-corrected chi connectivity index (χ4v) is 2.96. The van der Waals surface area contributed by atoms with Crippen LogP contribution in [0.5, 0.6) is 0 Å². The van der Waals surface area contributed by atoms with Crippen molar-refractivity contribution in [1.29, 1.82) is 0 Å². The van der Waals surface area contributed by atoms with Crippen molar-refractivity contribution in [3.8, 4) is 0 Å². The minimum absolute atomic E-state index is 0.000891. The molecule has 2 aromatic heterocycles. The van der Waals surface area contributed by atoms with Crippen molar-refractivity contribution in [2.45, 2.75) is 12.7 Å². The summed E-state index contributed by atoms with van der Waals surface area (Å²) >= 11 is 2.86. The predicted octanol–water partition coefficient (Wildman–Crippen LogP) is 4.42. The van der Waals surface area contributed by atoms with Crippen LogP contribution in [0.3, 0.4) is 0 Å². The second kappa shape index (κ2) is 8.48. The maximum Gasteiger partial charge on any atom is 0.417 e. The number of rotatable bonds is 5. The van der Waals surface area contributed by atoms with Crippen molar-refractivity contribution < 1.29 is 18.0 Å². The van der Waals surface area contributed by atoms with Crippen LogP contribution >= 0.6 is 15.9 Å². The van der Waals surface area contributed by atoms with Crippen molar-refractivity contribution in [2.24, 2.45) is 0 Å². The van der Waals surface area contributed by atoms with E-state index in [-0.39, 0.29) is 33.6 Å². The Labute approximate surface area is 171 Å². The second-order valence-electron chi connectivity index (χ2n) is 5.96. The Balaban J connectivity index is 1.78. The van der Waals surface area contributed by atoms with Gasteiger partial charge < -0.3 is 15.6 Å². The van der Waals surface area contributed by atoms with Crippen LogP contribution in [0, 0.1) is 0 Å². The van der Waals surface area contributed by atoms with Crippen molar-refractivity contribution in [1.82, 2.24) is 9.97 Å². The molecule has 0 spiro atoms. The van der Waals surface area contributed by atoms with E-state index in [1.54, 1.807) is 12.1 Å². The molecule has 3 rings (SSSR count). The first-order chi connectivity index (χ1) is 13.7. The SMILES string of the molecule is O=C(Nc1ccc(Br)c(C(F)(F)F)c1)c1cccnc1NCc1ccc(=O)[nH]c1. The molecule has 3 N–H and O–H groups in total. The van der Waals surface area contributed by atoms with E-state index >= 15 is 0 Å². The number of carbonyl (C=O) groups is 1. The van der Waals surface area contributed by atoms with E-state index in [1.165, 1.54) is 36.7 Å². The average Bonchev–Trinajstić information content (AvgIpc) is 2.68. The number of aromatic amines is 1. The van der Waals surface area contributed by atoms with Gasteiger partial charge in [-0.3, -0.25) is 9.59 Å². The number of benzene rings is 1. The molecular formula is C19H14BrF3N4O2. The lowest BCUT2D eigenvalue weighted by molar-refractivity contribution is -0.138. The molecule has 0 atom stereocenters. The molecule has 0 saturated carbocycles. The molecule has 0 saturated heterocycles. The summed E-state index contributed by atoms with van der Waals surface area (Å²) in [6, 6.07) is 9.47. The Morgan fingerprint density at radius 3 is 2.66 bits per heavy atom. The largest absolute Gasteiger partial charge is 0.417 e. The summed E-state index contributed by atoms with van der Waals surface area (Å²) in [5, 5.41) is 5.44. The highest BCUT2D eigenvalue weighted by atomic mass is 79.9. The number of H-pyrrole nitrogens is 1. The Morgan fingerprint density at radius 2 is 1.97 bits per heavy atom. The molecule has 10 heteroatoms. The number of carbonyl (C=O) groups excluding carboxylic acids is 1. The van der Waals surface area contributed by atoms with Gasteiger partial charge in [0.25, 0.3) is 5.91 Å². The van der Waals surface area contributed by atoms with Crippen molar-refractivity contribution in [3.05, 3.63) is 86.4 Å². The van der Waals surface area contributed by atoms with Crippen LogP contribution in [0.25, 0.3) is 0 Å². The Kier molecular flexibility index (Phi) is 6.02. The first-order valence-electron chi connectivity index (χ1n) is 8.28. The van der Waals surface area contributed by atoms with Gasteiger partial charge in [-0.05, 0) is 35.9 Å². The van der Waals surface area contributed by atoms with Crippen LogP contribution in [0.15, 0.2) is 64.1 Å². The minimum Gasteiger partial charge on any atom is -0.365 e. The monoisotopic (exact) mass is 466 g/mol. The van der Waals surface area contributed by atoms with E-state index in [4.69, 9.17) is 0 Å². The summed E-state index contributed by atoms with van der Waals surface area (Å²) in [7, 11) is 0. The summed E-state index contributed by atoms with van der Waals surface area (Å²) in [6.07, 6.45) is -1.55. The predicted molar refractivity (Wildman–Crippen MR) is 106 cm³/mol. The minimum atomic E-state index is -4.56. The summed E-state index contributed by atoms with van der Waals surface area (Å²) in [4.78, 5) is 30.4. The molecule has 1 amide bonds. The first-order valence-corrected chi connectivity index (χ1v) is 9.08. The number of aromatic nitrogens is 2. The number of hydrogen-bond acceptors (Lipinski definition) is 4. The molecule has 150 valence electrons. The third kappa shape index (κ3) is 5.23. The van der Waals surface area contributed by atoms with Gasteiger partial charge in [-0.25, -0.2) is 4.98 Å². The third-order valence-electron chi connectivity index (χ3n) is 3.89. The maximum atomic E-state index is 13.1. The van der Waals surface area contributed by atoms with E-state index in [1.807, 2.05) is 0 Å². The van der Waals surface area contributed by atoms with Crippen molar-refractivity contribution in [2.75, 3.05) is 10.6 Å². The standard InChI is InChI=1S/C19H14BrF3N4O2/c20-15-5-4-12(8-14(15)19(21,22)23)27-18(29)13-2-1-7-24-17(13)26-10-11-3-6-16(28)25-9-11/h1-9H,10H2,(H,24,26)(H,25,28)(H,27,29). The molecule has 0 aliphatic rings. The Bertz CT molecular complexity index is 1080. The van der Waals surface area contributed by atoms with Gasteiger partial charge in [0, 0.05) is 35.2 Å². The first kappa shape index (κ1) is 20.6. The lowest BCUT2D eigenvalue weighted by Gasteiger charge is -2.13. The topological polar surface area (TPSA) is 86.9 Å². The van der Waals surface area contributed by atoms with Crippen LogP contribution in [0.4, 0.5) is 24.7 Å². The van der Waals surface area contributed by atoms with Crippen LogP contribution < -0.4 is 16.2 Å². The fourth-order valence-electron chi connectivity index (χ4n) is 2.49. The number of pyridine rings is 2. The summed E-state index contributed by atoms with van der Waals surface area (Å²) in [5.74, 6) is -0.359. The number of nitrogens with one attached hydrogen (secondary N) is 3. The second-order valence-corrected chi connectivity index (χ2v) is 6.82. The van der Waals surface area contributed by atoms with Gasteiger partial charge in [-0.15, -0.1) is 0 Å². The number of hydrogen-bond donors (Lipinski definition) is 3. The van der Waals surface area contributed by atoms with Crippen LogP contribution in [0.1, 0.15) is 21.5 Å². The van der Waals surface area contributed by atoms with Gasteiger partial charge in [0.1, 0.15) is 5.82 Å². The molecule has 0 aliphatic heterocycles. The number of amides is 1. The van der Waals surface area contributed by atoms with Crippen LogP contribution in [0.2, 0.25) is 0 Å². The molecule has 2 heterocycles. The molecule has 0 radical (unpaired) electrons. The summed E-state index contributed by atoms with van der Waals surface area (Å²) < 4.78 is 39.0. The molecule has 1 aromatic carbocycles. The van der Waals surface area contributed by atoms with Gasteiger partial charge in [-0.1, -0.05) is 22.0 Å². The number of anilines is 2. The fraction of sp³-hybridized carbons (Fsp3) is 0.105. The summed E-state index contributed by atoms with van der Waals surface area (Å²) in [6.45, 7) is 0.282. The molecule has 3 aromatic rings. The highest BCUT2D eigenvalue weighted by Gasteiger charge is 2.33. The van der Waals surface area contributed by atoms with Gasteiger partial charge in [0.2, 0.25) is 5.56 Å². The average molecular weight is 467 g/mol. The van der Waals surface area contributed by atoms with E-state index < -0.39 is 17.6 Å². The highest BCUT2D eigenvalue weighted by molar-refractivity contribution is 9.10. The highest BCUT2D eigenvalue weighted by Crippen LogP contribution is 2.36. The zero-order chi connectivity index (χ0) is 21.0. The summed E-state index contributed by atoms with van der Waals surface area (Å²) in [5.41, 5.74) is -0.212. The van der Waals surface area contributed by atoms with Crippen molar-refractivity contribution >= 4 is 33.3 Å². The van der Waals surface area contributed by atoms with E-state index in [2.05, 4.69) is 36.5 Å². The molecule has 0 fully saturated rings. The molecule has 0 aliphatic carbocycles. The van der Waals surface area contributed by atoms with Gasteiger partial charge in [0.05, 0.1) is 11.1 Å². The van der Waals surface area contributed by atoms with E-state index in [0.29, 0.717) is 0 Å². The van der Waals surface area contributed by atoms with Gasteiger partial charge in [0.15, 0.2) is 0 Å². The quantitative estimate of drug-likeness (QED) is 0.519. The van der Waals surface area contributed by atoms with Crippen LogP contribution in [-0.2, 0) is 12.7 Å². The van der Waals surface area contributed by atoms with Gasteiger partial charge >= 0.3 is 6.18 Å². The van der Waals surface area contributed by atoms with E-state index in [9.17, 15) is 22.8 Å².